The summed E-state index contributed by atoms with van der Waals surface area (Å²) in [6.45, 7) is 0. The third-order valence-corrected chi connectivity index (χ3v) is 3.68. The Bertz CT molecular complexity index is 814. The lowest BCUT2D eigenvalue weighted by Gasteiger charge is -2.13. The minimum atomic E-state index is 0.199. The SMILES string of the molecule is COc1cc(-c2oncc2-c2ccc(O)cc2)cc(OC)c1OC. The van der Waals surface area contributed by atoms with Gasteiger partial charge in [0, 0.05) is 11.1 Å². The highest BCUT2D eigenvalue weighted by Crippen LogP contribution is 2.43. The number of hydrogen-bond donors (Lipinski definition) is 1. The van der Waals surface area contributed by atoms with Gasteiger partial charge >= 0.3 is 0 Å². The zero-order chi connectivity index (χ0) is 17.1. The van der Waals surface area contributed by atoms with Gasteiger partial charge in [-0.15, -0.1) is 0 Å². The quantitative estimate of drug-likeness (QED) is 0.769. The molecule has 1 heterocycles. The Morgan fingerprint density at radius 1 is 0.875 bits per heavy atom. The van der Waals surface area contributed by atoms with Crippen LogP contribution in [0, 0.1) is 0 Å². The maximum atomic E-state index is 9.45. The van der Waals surface area contributed by atoms with Crippen LogP contribution in [0.1, 0.15) is 0 Å². The molecule has 3 aromatic rings. The highest BCUT2D eigenvalue weighted by molar-refractivity contribution is 5.81. The second kappa shape index (κ2) is 6.54. The van der Waals surface area contributed by atoms with Crippen LogP contribution in [0.25, 0.3) is 22.5 Å². The lowest BCUT2D eigenvalue weighted by atomic mass is 10.0. The van der Waals surface area contributed by atoms with Crippen LogP contribution in [0.15, 0.2) is 47.1 Å². The predicted molar refractivity (Wildman–Crippen MR) is 88.7 cm³/mol. The van der Waals surface area contributed by atoms with Gasteiger partial charge in [0.25, 0.3) is 0 Å². The molecule has 0 unspecified atom stereocenters. The van der Waals surface area contributed by atoms with Crippen LogP contribution < -0.4 is 14.2 Å². The molecule has 124 valence electrons. The molecule has 1 aromatic heterocycles. The van der Waals surface area contributed by atoms with Crippen molar-refractivity contribution in [2.24, 2.45) is 0 Å². The summed E-state index contributed by atoms with van der Waals surface area (Å²) in [7, 11) is 4.67. The summed E-state index contributed by atoms with van der Waals surface area (Å²) in [5.41, 5.74) is 2.41. The van der Waals surface area contributed by atoms with Crippen LogP contribution >= 0.6 is 0 Å². The Labute approximate surface area is 139 Å². The van der Waals surface area contributed by atoms with Gasteiger partial charge in [0.05, 0.1) is 27.5 Å². The molecule has 0 aliphatic heterocycles. The third-order valence-electron chi connectivity index (χ3n) is 3.68. The Kier molecular flexibility index (Phi) is 4.29. The summed E-state index contributed by atoms with van der Waals surface area (Å²) in [6, 6.07) is 10.4. The molecule has 6 nitrogen and oxygen atoms in total. The zero-order valence-corrected chi connectivity index (χ0v) is 13.6. The summed E-state index contributed by atoms with van der Waals surface area (Å²) in [5, 5.41) is 13.3. The number of rotatable bonds is 5. The standard InChI is InChI=1S/C18H17NO5/c1-21-15-8-12(9-16(22-2)18(15)23-3)17-14(10-19-24-17)11-4-6-13(20)7-5-11/h4-10,20H,1-3H3. The van der Waals surface area contributed by atoms with E-state index in [1.165, 1.54) is 0 Å². The fraction of sp³-hybridized carbons (Fsp3) is 0.167. The van der Waals surface area contributed by atoms with Crippen molar-refractivity contribution in [3.8, 4) is 45.4 Å². The van der Waals surface area contributed by atoms with Crippen LogP contribution in [0.2, 0.25) is 0 Å². The number of aromatic hydroxyl groups is 1. The van der Waals surface area contributed by atoms with Crippen molar-refractivity contribution in [1.29, 1.82) is 0 Å². The summed E-state index contributed by atoms with van der Waals surface area (Å²) < 4.78 is 21.5. The van der Waals surface area contributed by atoms with E-state index >= 15 is 0 Å². The summed E-state index contributed by atoms with van der Waals surface area (Å²) >= 11 is 0. The molecule has 24 heavy (non-hydrogen) atoms. The van der Waals surface area contributed by atoms with Crippen molar-refractivity contribution in [3.05, 3.63) is 42.6 Å². The van der Waals surface area contributed by atoms with Gasteiger partial charge in [0.2, 0.25) is 5.75 Å². The maximum Gasteiger partial charge on any atom is 0.203 e. The van der Waals surface area contributed by atoms with E-state index in [1.54, 1.807) is 63.9 Å². The van der Waals surface area contributed by atoms with Gasteiger partial charge in [-0.05, 0) is 29.8 Å². The van der Waals surface area contributed by atoms with E-state index in [0.717, 1.165) is 16.7 Å². The fourth-order valence-electron chi connectivity index (χ4n) is 2.51. The fourth-order valence-corrected chi connectivity index (χ4v) is 2.51. The smallest absolute Gasteiger partial charge is 0.203 e. The Balaban J connectivity index is 2.14. The minimum Gasteiger partial charge on any atom is -0.508 e. The molecule has 0 saturated heterocycles. The molecule has 0 radical (unpaired) electrons. The molecule has 0 atom stereocenters. The average Bonchev–Trinajstić information content (AvgIpc) is 3.10. The van der Waals surface area contributed by atoms with Gasteiger partial charge in [-0.2, -0.15) is 0 Å². The van der Waals surface area contributed by atoms with Crippen LogP contribution in [-0.4, -0.2) is 31.6 Å². The predicted octanol–water partition coefficient (Wildman–Crippen LogP) is 3.74. The lowest BCUT2D eigenvalue weighted by Crippen LogP contribution is -1.95. The summed E-state index contributed by atoms with van der Waals surface area (Å²) in [4.78, 5) is 0. The molecule has 0 saturated carbocycles. The van der Waals surface area contributed by atoms with Gasteiger partial charge < -0.3 is 23.8 Å². The molecule has 0 fully saturated rings. The molecule has 1 N–H and O–H groups in total. The first-order valence-corrected chi connectivity index (χ1v) is 7.22. The average molecular weight is 327 g/mol. The van der Waals surface area contributed by atoms with E-state index in [1.807, 2.05) is 0 Å². The highest BCUT2D eigenvalue weighted by Gasteiger charge is 2.19. The van der Waals surface area contributed by atoms with Crippen LogP contribution in [0.3, 0.4) is 0 Å². The van der Waals surface area contributed by atoms with Gasteiger partial charge in [0.15, 0.2) is 17.3 Å². The number of ether oxygens (including phenoxy) is 3. The van der Waals surface area contributed by atoms with Crippen molar-refractivity contribution in [1.82, 2.24) is 5.16 Å². The topological polar surface area (TPSA) is 74.0 Å². The number of benzene rings is 2. The Morgan fingerprint density at radius 2 is 1.50 bits per heavy atom. The maximum absolute atomic E-state index is 9.45. The molecule has 3 rings (SSSR count). The normalized spacial score (nSPS) is 10.5. The number of hydrogen-bond acceptors (Lipinski definition) is 6. The Morgan fingerprint density at radius 3 is 2.04 bits per heavy atom. The van der Waals surface area contributed by atoms with Gasteiger partial charge in [-0.3, -0.25) is 0 Å². The van der Waals surface area contributed by atoms with E-state index < -0.39 is 0 Å². The summed E-state index contributed by atoms with van der Waals surface area (Å²) in [6.07, 6.45) is 1.63. The second-order valence-electron chi connectivity index (χ2n) is 5.03. The molecule has 2 aromatic carbocycles. The van der Waals surface area contributed by atoms with E-state index in [9.17, 15) is 5.11 Å². The van der Waals surface area contributed by atoms with Crippen LogP contribution in [0.5, 0.6) is 23.0 Å². The van der Waals surface area contributed by atoms with E-state index in [2.05, 4.69) is 5.16 Å². The van der Waals surface area contributed by atoms with Crippen LogP contribution in [-0.2, 0) is 0 Å². The molecule has 0 aliphatic rings. The van der Waals surface area contributed by atoms with E-state index in [4.69, 9.17) is 18.7 Å². The van der Waals surface area contributed by atoms with Crippen molar-refractivity contribution in [3.63, 3.8) is 0 Å². The molecule has 0 amide bonds. The molecule has 0 aliphatic carbocycles. The number of aromatic nitrogens is 1. The van der Waals surface area contributed by atoms with Crippen molar-refractivity contribution in [2.75, 3.05) is 21.3 Å². The lowest BCUT2D eigenvalue weighted by molar-refractivity contribution is 0.324. The molecular formula is C18H17NO5. The van der Waals surface area contributed by atoms with Crippen molar-refractivity contribution in [2.45, 2.75) is 0 Å². The first-order chi connectivity index (χ1) is 11.7. The largest absolute Gasteiger partial charge is 0.508 e. The summed E-state index contributed by atoms with van der Waals surface area (Å²) in [5.74, 6) is 2.33. The Hall–Kier alpha value is -3.15. The van der Waals surface area contributed by atoms with E-state index in [0.29, 0.717) is 23.0 Å². The molecule has 6 heteroatoms. The minimum absolute atomic E-state index is 0.199. The highest BCUT2D eigenvalue weighted by atomic mass is 16.5. The van der Waals surface area contributed by atoms with Crippen molar-refractivity contribution >= 4 is 0 Å². The molecular weight excluding hydrogens is 310 g/mol. The van der Waals surface area contributed by atoms with E-state index in [-0.39, 0.29) is 5.75 Å². The van der Waals surface area contributed by atoms with Gasteiger partial charge in [0.1, 0.15) is 5.75 Å². The first kappa shape index (κ1) is 15.7. The zero-order valence-electron chi connectivity index (χ0n) is 13.6. The van der Waals surface area contributed by atoms with Gasteiger partial charge in [-0.1, -0.05) is 17.3 Å². The van der Waals surface area contributed by atoms with Gasteiger partial charge in [-0.25, -0.2) is 0 Å². The molecule has 0 spiro atoms. The number of nitrogens with zero attached hydrogens (tertiary/aromatic N) is 1. The van der Waals surface area contributed by atoms with Crippen LogP contribution in [0.4, 0.5) is 0 Å². The second-order valence-corrected chi connectivity index (χ2v) is 5.03. The number of methoxy groups -OCH3 is 3. The monoisotopic (exact) mass is 327 g/mol. The van der Waals surface area contributed by atoms with Crippen molar-refractivity contribution < 1.29 is 23.8 Å². The third kappa shape index (κ3) is 2.74. The number of phenols is 1. The number of phenolic OH excluding ortho intramolecular Hbond substituents is 1. The molecule has 0 bridgehead atoms. The first-order valence-electron chi connectivity index (χ1n) is 7.22.